The van der Waals surface area contributed by atoms with Crippen molar-refractivity contribution in [2.75, 3.05) is 36.4 Å². The van der Waals surface area contributed by atoms with Crippen molar-refractivity contribution in [3.63, 3.8) is 0 Å². The highest BCUT2D eigenvalue weighted by atomic mass is 35.5. The molecule has 8 nitrogen and oxygen atoms in total. The van der Waals surface area contributed by atoms with Crippen molar-refractivity contribution in [1.29, 1.82) is 0 Å². The second kappa shape index (κ2) is 9.44. The largest absolute Gasteiger partial charge is 0.392 e. The molecule has 4 N–H and O–H groups in total. The number of hydrogen-bond acceptors (Lipinski definition) is 7. The predicted molar refractivity (Wildman–Crippen MR) is 129 cm³/mol. The smallest absolute Gasteiger partial charge is 0.256 e. The Kier molecular flexibility index (Phi) is 6.40. The Labute approximate surface area is 199 Å². The van der Waals surface area contributed by atoms with E-state index in [0.717, 1.165) is 44.6 Å². The van der Waals surface area contributed by atoms with Gasteiger partial charge in [-0.3, -0.25) is 4.79 Å². The number of amides is 1. The normalized spacial score (nSPS) is 19.6. The van der Waals surface area contributed by atoms with Crippen molar-refractivity contribution >= 4 is 29.3 Å². The van der Waals surface area contributed by atoms with Crippen molar-refractivity contribution < 1.29 is 9.90 Å². The van der Waals surface area contributed by atoms with Crippen LogP contribution >= 0.6 is 11.6 Å². The summed E-state index contributed by atoms with van der Waals surface area (Å²) in [5.74, 6) is 1.06. The highest BCUT2D eigenvalue weighted by Gasteiger charge is 2.48. The van der Waals surface area contributed by atoms with Gasteiger partial charge in [0.1, 0.15) is 11.4 Å². The van der Waals surface area contributed by atoms with Crippen LogP contribution in [0, 0.1) is 5.41 Å². The molecule has 0 bridgehead atoms. The summed E-state index contributed by atoms with van der Waals surface area (Å²) >= 11 is 6.26. The van der Waals surface area contributed by atoms with Gasteiger partial charge in [-0.25, -0.2) is 4.98 Å². The minimum Gasteiger partial charge on any atom is -0.392 e. The number of hydrogen-bond donors (Lipinski definition) is 4. The average Bonchev–Trinajstić information content (AvgIpc) is 3.46. The van der Waals surface area contributed by atoms with Crippen molar-refractivity contribution in [1.82, 2.24) is 20.6 Å². The van der Waals surface area contributed by atoms with Gasteiger partial charge in [-0.15, -0.1) is 0 Å². The number of aliphatic hydroxyl groups is 1. The lowest BCUT2D eigenvalue weighted by Gasteiger charge is -2.24. The number of nitrogens with one attached hydrogen (secondary N) is 3. The van der Waals surface area contributed by atoms with E-state index in [2.05, 4.69) is 25.8 Å². The third kappa shape index (κ3) is 5.08. The first-order valence-corrected chi connectivity index (χ1v) is 12.2. The molecule has 0 unspecified atom stereocenters. The van der Waals surface area contributed by atoms with E-state index in [-0.39, 0.29) is 18.6 Å². The lowest BCUT2D eigenvalue weighted by atomic mass is 10.1. The molecule has 33 heavy (non-hydrogen) atoms. The fourth-order valence-electron chi connectivity index (χ4n) is 4.76. The summed E-state index contributed by atoms with van der Waals surface area (Å²) in [6, 6.07) is 5.71. The zero-order chi connectivity index (χ0) is 22.8. The maximum Gasteiger partial charge on any atom is 0.256 e. The number of benzene rings is 1. The molecule has 3 fully saturated rings. The van der Waals surface area contributed by atoms with Crippen LogP contribution in [0.25, 0.3) is 0 Å². The van der Waals surface area contributed by atoms with E-state index in [1.165, 1.54) is 19.3 Å². The minimum absolute atomic E-state index is 0.0971. The molecule has 2 aromatic rings. The van der Waals surface area contributed by atoms with Crippen molar-refractivity contribution in [3.8, 4) is 0 Å². The first-order chi connectivity index (χ1) is 16.0. The van der Waals surface area contributed by atoms with Crippen LogP contribution in [-0.4, -0.2) is 53.2 Å². The Balaban J connectivity index is 1.36. The summed E-state index contributed by atoms with van der Waals surface area (Å²) in [5, 5.41) is 19.7. The molecule has 1 saturated carbocycles. The highest BCUT2D eigenvalue weighted by molar-refractivity contribution is 6.31. The van der Waals surface area contributed by atoms with Gasteiger partial charge in [0.2, 0.25) is 5.95 Å². The standard InChI is InChI=1S/C24H31ClN6O2/c25-20-11-16(1-2-17(20)14-32)12-27-21-19(22(33)29-18-3-8-26-9-4-18)13-28-23(30-21)31-10-7-24(15-31)5-6-24/h1-2,11,13,18,26,32H,3-10,12,14-15H2,(H,29,33)(H,27,28,30). The summed E-state index contributed by atoms with van der Waals surface area (Å²) in [6.45, 7) is 4.13. The van der Waals surface area contributed by atoms with Gasteiger partial charge in [-0.05, 0) is 67.8 Å². The number of aliphatic hydroxyl groups excluding tert-OH is 1. The van der Waals surface area contributed by atoms with Gasteiger partial charge < -0.3 is 26.0 Å². The van der Waals surface area contributed by atoms with Crippen LogP contribution in [0.1, 0.15) is 53.6 Å². The van der Waals surface area contributed by atoms with Gasteiger partial charge in [0.05, 0.1) is 6.61 Å². The zero-order valence-corrected chi connectivity index (χ0v) is 19.5. The monoisotopic (exact) mass is 470 g/mol. The van der Waals surface area contributed by atoms with E-state index < -0.39 is 0 Å². The second-order valence-corrected chi connectivity index (χ2v) is 9.95. The quantitative estimate of drug-likeness (QED) is 0.493. The summed E-state index contributed by atoms with van der Waals surface area (Å²) in [7, 11) is 0. The van der Waals surface area contributed by atoms with Crippen LogP contribution in [0.2, 0.25) is 5.02 Å². The lowest BCUT2D eigenvalue weighted by Crippen LogP contribution is -2.43. The van der Waals surface area contributed by atoms with E-state index in [1.54, 1.807) is 6.20 Å². The topological polar surface area (TPSA) is 102 Å². The first kappa shape index (κ1) is 22.4. The molecule has 1 aromatic carbocycles. The van der Waals surface area contributed by atoms with E-state index in [0.29, 0.717) is 39.9 Å². The number of piperidine rings is 1. The Morgan fingerprint density at radius 2 is 2.09 bits per heavy atom. The van der Waals surface area contributed by atoms with E-state index in [9.17, 15) is 9.90 Å². The Bertz CT molecular complexity index is 1020. The molecule has 1 aromatic heterocycles. The van der Waals surface area contributed by atoms with Crippen LogP contribution in [0.15, 0.2) is 24.4 Å². The van der Waals surface area contributed by atoms with Crippen LogP contribution in [-0.2, 0) is 13.2 Å². The molecule has 3 aliphatic rings. The molecule has 0 atom stereocenters. The van der Waals surface area contributed by atoms with Crippen LogP contribution in [0.3, 0.4) is 0 Å². The number of rotatable bonds is 7. The lowest BCUT2D eigenvalue weighted by molar-refractivity contribution is 0.0929. The summed E-state index contributed by atoms with van der Waals surface area (Å²) in [4.78, 5) is 24.7. The minimum atomic E-state index is -0.148. The van der Waals surface area contributed by atoms with Crippen molar-refractivity contribution in [3.05, 3.63) is 46.1 Å². The highest BCUT2D eigenvalue weighted by Crippen LogP contribution is 2.53. The fraction of sp³-hybridized carbons (Fsp3) is 0.542. The number of aromatic nitrogens is 2. The van der Waals surface area contributed by atoms with Crippen LogP contribution in [0.4, 0.5) is 11.8 Å². The molecular weight excluding hydrogens is 440 g/mol. The molecule has 9 heteroatoms. The molecule has 1 amide bonds. The molecule has 3 heterocycles. The van der Waals surface area contributed by atoms with Gasteiger partial charge in [-0.2, -0.15) is 4.98 Å². The number of nitrogens with zero attached hydrogens (tertiary/aromatic N) is 3. The maximum atomic E-state index is 13.1. The molecule has 0 radical (unpaired) electrons. The van der Waals surface area contributed by atoms with E-state index in [4.69, 9.17) is 16.6 Å². The molecule has 176 valence electrons. The van der Waals surface area contributed by atoms with Crippen LogP contribution in [0.5, 0.6) is 0 Å². The Morgan fingerprint density at radius 1 is 1.27 bits per heavy atom. The van der Waals surface area contributed by atoms with E-state index >= 15 is 0 Å². The maximum absolute atomic E-state index is 13.1. The number of anilines is 2. The van der Waals surface area contributed by atoms with Gasteiger partial charge in [-0.1, -0.05) is 23.7 Å². The van der Waals surface area contributed by atoms with Gasteiger partial charge in [0.25, 0.3) is 5.91 Å². The third-order valence-electron chi connectivity index (χ3n) is 7.12. The number of carbonyl (C=O) groups is 1. The van der Waals surface area contributed by atoms with Crippen molar-refractivity contribution in [2.45, 2.75) is 51.3 Å². The van der Waals surface area contributed by atoms with Gasteiger partial charge in [0.15, 0.2) is 0 Å². The molecular formula is C24H31ClN6O2. The van der Waals surface area contributed by atoms with Gasteiger partial charge >= 0.3 is 0 Å². The zero-order valence-electron chi connectivity index (χ0n) is 18.7. The Hall–Kier alpha value is -2.42. The number of carbonyl (C=O) groups excluding carboxylic acids is 1. The van der Waals surface area contributed by atoms with Gasteiger partial charge in [0, 0.05) is 36.9 Å². The summed E-state index contributed by atoms with van der Waals surface area (Å²) in [6.07, 6.45) is 7.25. The summed E-state index contributed by atoms with van der Waals surface area (Å²) < 4.78 is 0. The molecule has 5 rings (SSSR count). The molecule has 2 saturated heterocycles. The second-order valence-electron chi connectivity index (χ2n) is 9.54. The van der Waals surface area contributed by atoms with Crippen molar-refractivity contribution in [2.24, 2.45) is 5.41 Å². The SMILES string of the molecule is O=C(NC1CCNCC1)c1cnc(N2CCC3(CC3)C2)nc1NCc1ccc(CO)c(Cl)c1. The fourth-order valence-corrected chi connectivity index (χ4v) is 5.02. The Morgan fingerprint density at radius 3 is 2.79 bits per heavy atom. The van der Waals surface area contributed by atoms with Crippen LogP contribution < -0.4 is 20.9 Å². The molecule has 1 aliphatic carbocycles. The molecule has 2 aliphatic heterocycles. The number of halogens is 1. The van der Waals surface area contributed by atoms with E-state index in [1.807, 2.05) is 18.2 Å². The summed E-state index contributed by atoms with van der Waals surface area (Å²) in [5.41, 5.74) is 2.55. The average molecular weight is 471 g/mol. The first-order valence-electron chi connectivity index (χ1n) is 11.8. The third-order valence-corrected chi connectivity index (χ3v) is 7.47. The predicted octanol–water partition coefficient (Wildman–Crippen LogP) is 2.71. The molecule has 1 spiro atoms.